The van der Waals surface area contributed by atoms with E-state index in [1.54, 1.807) is 0 Å². The number of aliphatic hydroxyl groups excluding tert-OH is 3. The Hall–Kier alpha value is -2.13. The molecule has 0 radical (unpaired) electrons. The van der Waals surface area contributed by atoms with E-state index < -0.39 is 66.9 Å². The molecule has 5 unspecified atom stereocenters. The van der Waals surface area contributed by atoms with Gasteiger partial charge in [0.2, 0.25) is 5.91 Å². The number of ether oxygens (including phenoxy) is 1. The number of rotatable bonds is 6. The molecule has 1 amide bonds. The zero-order chi connectivity index (χ0) is 20.2. The first-order valence-electron chi connectivity index (χ1n) is 7.19. The lowest BCUT2D eigenvalue weighted by Crippen LogP contribution is -2.71. The second-order valence-corrected chi connectivity index (χ2v) is 5.52. The van der Waals surface area contributed by atoms with Crippen molar-refractivity contribution in [2.24, 2.45) is 16.5 Å². The topological polar surface area (TPSA) is 210 Å². The van der Waals surface area contributed by atoms with Gasteiger partial charge in [0, 0.05) is 6.92 Å². The van der Waals surface area contributed by atoms with Crippen LogP contribution in [0.15, 0.2) is 4.99 Å². The van der Waals surface area contributed by atoms with Crippen LogP contribution in [0.25, 0.3) is 0 Å². The molecular formula is C12H20F2N4O8. The third-order valence-electron chi connectivity index (χ3n) is 3.63. The molecule has 0 bridgehead atoms. The van der Waals surface area contributed by atoms with Gasteiger partial charge in [-0.25, -0.2) is 14.2 Å². The zero-order valence-corrected chi connectivity index (χ0v) is 13.5. The van der Waals surface area contributed by atoms with Crippen molar-refractivity contribution in [1.82, 2.24) is 5.32 Å². The lowest BCUT2D eigenvalue weighted by atomic mass is 9.86. The third kappa shape index (κ3) is 4.34. The Morgan fingerprint density at radius 3 is 2.42 bits per heavy atom. The van der Waals surface area contributed by atoms with Crippen LogP contribution in [-0.4, -0.2) is 87.4 Å². The van der Waals surface area contributed by atoms with Crippen LogP contribution >= 0.6 is 0 Å². The van der Waals surface area contributed by atoms with Gasteiger partial charge in [-0.2, -0.15) is 9.65 Å². The van der Waals surface area contributed by atoms with Crippen molar-refractivity contribution in [2.45, 2.75) is 49.3 Å². The number of hydrogen-bond donors (Lipinski definition) is 7. The van der Waals surface area contributed by atoms with Crippen molar-refractivity contribution >= 4 is 17.8 Å². The minimum atomic E-state index is -3.99. The summed E-state index contributed by atoms with van der Waals surface area (Å²) < 4.78 is 34.0. The number of halogens is 2. The largest absolute Gasteiger partial charge is 0.409 e. The molecule has 7 atom stereocenters. The van der Waals surface area contributed by atoms with Gasteiger partial charge in [0.05, 0.1) is 12.6 Å². The molecular weight excluding hydrogens is 366 g/mol. The highest BCUT2D eigenvalue weighted by Crippen LogP contribution is 2.37. The van der Waals surface area contributed by atoms with Gasteiger partial charge in [0.25, 0.3) is 0 Å². The van der Waals surface area contributed by atoms with Gasteiger partial charge in [-0.05, 0) is 0 Å². The maximum Gasteiger partial charge on any atom is 0.409 e. The molecule has 0 aromatic heterocycles. The number of guanidine groups is 1. The summed E-state index contributed by atoms with van der Waals surface area (Å²) in [5.41, 5.74) is 10.3. The summed E-state index contributed by atoms with van der Waals surface area (Å²) in [4.78, 5) is 29.4. The minimum absolute atomic E-state index is 0.759. The third-order valence-corrected chi connectivity index (χ3v) is 3.63. The van der Waals surface area contributed by atoms with Gasteiger partial charge >= 0.3 is 11.8 Å². The standard InChI is InChI=1S/C12H20F2N4O8/c1-3(20)17-5-6(18-11(15)16)9(13)12(14,10(23)26-24)25-8(5)7(22)4(21)2-19/h4-9,19,21-22,24H,2H2,1H3,(H,17,20)(H4,15,16,18)/t4-,5?,6?,7-,8?,9?,12?/m1/s1. The number of nitrogens with two attached hydrogens (primary N) is 2. The molecule has 1 heterocycles. The number of nitrogens with zero attached hydrogens (tertiary/aromatic N) is 1. The van der Waals surface area contributed by atoms with Crippen molar-refractivity contribution in [3.63, 3.8) is 0 Å². The Bertz CT molecular complexity index is 563. The SMILES string of the molecule is CC(=O)NC1C(N=C(N)N)C(F)C(F)(C(=O)OO)OC1[C@H](O)[C@H](O)CO. The van der Waals surface area contributed by atoms with E-state index in [9.17, 15) is 28.6 Å². The van der Waals surface area contributed by atoms with Crippen LogP contribution in [0.3, 0.4) is 0 Å². The van der Waals surface area contributed by atoms with Gasteiger partial charge in [-0.3, -0.25) is 9.68 Å². The van der Waals surface area contributed by atoms with Crippen molar-refractivity contribution in [1.29, 1.82) is 0 Å². The second-order valence-electron chi connectivity index (χ2n) is 5.52. The average Bonchev–Trinajstić information content (AvgIpc) is 2.58. The summed E-state index contributed by atoms with van der Waals surface area (Å²) in [7, 11) is 0. The average molecular weight is 386 g/mol. The molecule has 0 spiro atoms. The highest BCUT2D eigenvalue weighted by molar-refractivity contribution is 5.80. The maximum absolute atomic E-state index is 14.8. The lowest BCUT2D eigenvalue weighted by Gasteiger charge is -2.45. The van der Waals surface area contributed by atoms with Crippen LogP contribution in [0.1, 0.15) is 6.92 Å². The van der Waals surface area contributed by atoms with E-state index in [1.807, 2.05) is 0 Å². The van der Waals surface area contributed by atoms with Crippen molar-refractivity contribution in [3.05, 3.63) is 0 Å². The van der Waals surface area contributed by atoms with Gasteiger partial charge < -0.3 is 36.8 Å². The predicted molar refractivity (Wildman–Crippen MR) is 78.6 cm³/mol. The molecule has 9 N–H and O–H groups in total. The summed E-state index contributed by atoms with van der Waals surface area (Å²) in [5.74, 6) is -7.77. The Morgan fingerprint density at radius 2 is 2.00 bits per heavy atom. The van der Waals surface area contributed by atoms with Gasteiger partial charge in [-0.15, -0.1) is 0 Å². The van der Waals surface area contributed by atoms with Crippen molar-refractivity contribution < 1.29 is 48.6 Å². The number of nitrogens with one attached hydrogen (secondary N) is 1. The van der Waals surface area contributed by atoms with Crippen LogP contribution in [0, 0.1) is 0 Å². The summed E-state index contributed by atoms with van der Waals surface area (Å²) >= 11 is 0. The van der Waals surface area contributed by atoms with Crippen LogP contribution in [-0.2, 0) is 19.2 Å². The fourth-order valence-corrected chi connectivity index (χ4v) is 2.48. The zero-order valence-electron chi connectivity index (χ0n) is 13.5. The normalized spacial score (nSPS) is 33.7. The Morgan fingerprint density at radius 1 is 1.42 bits per heavy atom. The van der Waals surface area contributed by atoms with E-state index in [4.69, 9.17) is 21.8 Å². The highest BCUT2D eigenvalue weighted by Gasteiger charge is 2.64. The number of alkyl halides is 2. The maximum atomic E-state index is 14.8. The first-order chi connectivity index (χ1) is 12.0. The first-order valence-corrected chi connectivity index (χ1v) is 7.19. The van der Waals surface area contributed by atoms with Gasteiger partial charge in [-0.1, -0.05) is 0 Å². The predicted octanol–water partition coefficient (Wildman–Crippen LogP) is -3.73. The number of hydrogen-bond acceptors (Lipinski definition) is 9. The molecule has 1 aliphatic heterocycles. The lowest BCUT2D eigenvalue weighted by molar-refractivity contribution is -0.311. The number of carbonyl (C=O) groups is 2. The molecule has 0 saturated carbocycles. The van der Waals surface area contributed by atoms with Crippen molar-refractivity contribution in [3.8, 4) is 0 Å². The fraction of sp³-hybridized carbons (Fsp3) is 0.750. The number of carbonyl (C=O) groups excluding carboxylic acids is 2. The summed E-state index contributed by atoms with van der Waals surface area (Å²) in [6, 6.07) is -3.69. The Kier molecular flexibility index (Phi) is 7.16. The summed E-state index contributed by atoms with van der Waals surface area (Å²) in [6.45, 7) is -0.0332. The minimum Gasteiger partial charge on any atom is -0.394 e. The molecule has 1 saturated heterocycles. The fourth-order valence-electron chi connectivity index (χ4n) is 2.48. The van der Waals surface area contributed by atoms with Crippen LogP contribution < -0.4 is 16.8 Å². The number of amides is 1. The second kappa shape index (κ2) is 8.50. The smallest absolute Gasteiger partial charge is 0.394 e. The Balaban J connectivity index is 3.47. The number of aliphatic imine (C=N–C) groups is 1. The molecule has 14 heteroatoms. The van der Waals surface area contributed by atoms with Crippen molar-refractivity contribution in [2.75, 3.05) is 6.61 Å². The van der Waals surface area contributed by atoms with E-state index in [0.29, 0.717) is 0 Å². The van der Waals surface area contributed by atoms with Gasteiger partial charge in [0.15, 0.2) is 12.1 Å². The molecule has 26 heavy (non-hydrogen) atoms. The van der Waals surface area contributed by atoms with Crippen LogP contribution in [0.2, 0.25) is 0 Å². The molecule has 0 aliphatic carbocycles. The van der Waals surface area contributed by atoms with Gasteiger partial charge in [0.1, 0.15) is 24.4 Å². The van der Waals surface area contributed by atoms with E-state index in [2.05, 4.69) is 19.9 Å². The molecule has 12 nitrogen and oxygen atoms in total. The van der Waals surface area contributed by atoms with Crippen LogP contribution in [0.4, 0.5) is 8.78 Å². The summed E-state index contributed by atoms with van der Waals surface area (Å²) in [5, 5.41) is 39.1. The van der Waals surface area contributed by atoms with E-state index in [-0.39, 0.29) is 0 Å². The Labute approximate surface area is 145 Å². The molecule has 1 rings (SSSR count). The highest BCUT2D eigenvalue weighted by atomic mass is 19.2. The van der Waals surface area contributed by atoms with E-state index >= 15 is 0 Å². The van der Waals surface area contributed by atoms with Crippen LogP contribution in [0.5, 0.6) is 0 Å². The molecule has 0 aromatic rings. The summed E-state index contributed by atoms with van der Waals surface area (Å²) in [6.07, 6.45) is -9.06. The molecule has 0 aromatic carbocycles. The monoisotopic (exact) mass is 386 g/mol. The number of aliphatic hydroxyl groups is 3. The molecule has 1 aliphatic rings. The quantitative estimate of drug-likeness (QED) is 0.103. The van der Waals surface area contributed by atoms with E-state index in [1.165, 1.54) is 0 Å². The molecule has 150 valence electrons. The van der Waals surface area contributed by atoms with E-state index in [0.717, 1.165) is 6.92 Å². The molecule has 1 fully saturated rings. The first kappa shape index (κ1) is 21.9.